The first-order chi connectivity index (χ1) is 18.6. The van der Waals surface area contributed by atoms with Crippen molar-refractivity contribution >= 4 is 23.9 Å². The van der Waals surface area contributed by atoms with Crippen LogP contribution in [-0.4, -0.2) is 142 Å². The minimum Gasteiger partial charge on any atom is -0.494 e. The van der Waals surface area contributed by atoms with Crippen molar-refractivity contribution in [2.24, 2.45) is 0 Å². The Morgan fingerprint density at radius 1 is 0.744 bits per heavy atom. The van der Waals surface area contributed by atoms with Gasteiger partial charge in [0.1, 0.15) is 11.8 Å². The van der Waals surface area contributed by atoms with E-state index in [0.29, 0.717) is 39.3 Å². The summed E-state index contributed by atoms with van der Waals surface area (Å²) in [5, 5.41) is 37.8. The number of hydrogen-bond donors (Lipinski definition) is 4. The average molecular weight is 553 g/mol. The molecule has 1 heterocycles. The van der Waals surface area contributed by atoms with Gasteiger partial charge < -0.3 is 25.2 Å². The van der Waals surface area contributed by atoms with Crippen LogP contribution in [-0.2, 0) is 25.7 Å². The predicted octanol–water partition coefficient (Wildman–Crippen LogP) is 0.294. The second-order valence-corrected chi connectivity index (χ2v) is 9.52. The first-order valence-electron chi connectivity index (χ1n) is 13.1. The summed E-state index contributed by atoms with van der Waals surface area (Å²) in [6, 6.07) is 6.62. The number of benzene rings is 1. The van der Waals surface area contributed by atoms with E-state index < -0.39 is 29.9 Å². The maximum atomic E-state index is 12.0. The van der Waals surface area contributed by atoms with Gasteiger partial charge in [-0.25, -0.2) is 0 Å². The summed E-state index contributed by atoms with van der Waals surface area (Å²) in [5.41, 5.74) is 1.04. The molecule has 1 aromatic carbocycles. The molecule has 1 aromatic rings. The quantitative estimate of drug-likeness (QED) is 0.263. The molecule has 1 saturated heterocycles. The predicted molar refractivity (Wildman–Crippen MR) is 141 cm³/mol. The normalized spacial score (nSPS) is 18.0. The van der Waals surface area contributed by atoms with Crippen molar-refractivity contribution in [3.63, 3.8) is 0 Å². The van der Waals surface area contributed by atoms with E-state index >= 15 is 0 Å². The lowest BCUT2D eigenvalue weighted by Gasteiger charge is -2.35. The van der Waals surface area contributed by atoms with Crippen LogP contribution in [0, 0.1) is 0 Å². The maximum absolute atomic E-state index is 12.0. The van der Waals surface area contributed by atoms with Crippen LogP contribution >= 0.6 is 0 Å². The van der Waals surface area contributed by atoms with Gasteiger partial charge in [-0.1, -0.05) is 12.1 Å². The molecule has 13 heteroatoms. The fourth-order valence-electron chi connectivity index (χ4n) is 4.56. The first-order valence-corrected chi connectivity index (χ1v) is 13.1. The molecular weight excluding hydrogens is 512 g/mol. The zero-order valence-electron chi connectivity index (χ0n) is 22.4. The average Bonchev–Trinajstić information content (AvgIpc) is 2.85. The van der Waals surface area contributed by atoms with Gasteiger partial charge in [0.05, 0.1) is 19.7 Å². The number of carboxylic acid groups (broad SMARTS) is 4. The Labute approximate surface area is 228 Å². The molecule has 2 rings (SSSR count). The van der Waals surface area contributed by atoms with Gasteiger partial charge >= 0.3 is 23.9 Å². The van der Waals surface area contributed by atoms with Gasteiger partial charge in [-0.2, -0.15) is 0 Å². The monoisotopic (exact) mass is 552 g/mol. The molecule has 1 atom stereocenters. The van der Waals surface area contributed by atoms with Gasteiger partial charge in [0.2, 0.25) is 0 Å². The van der Waals surface area contributed by atoms with Crippen molar-refractivity contribution in [2.45, 2.75) is 32.4 Å². The highest BCUT2D eigenvalue weighted by Gasteiger charge is 2.28. The Hall–Kier alpha value is -3.26. The molecule has 0 bridgehead atoms. The highest BCUT2D eigenvalue weighted by Crippen LogP contribution is 2.15. The fourth-order valence-corrected chi connectivity index (χ4v) is 4.56. The van der Waals surface area contributed by atoms with Crippen molar-refractivity contribution in [1.29, 1.82) is 0 Å². The van der Waals surface area contributed by atoms with E-state index in [-0.39, 0.29) is 52.1 Å². The lowest BCUT2D eigenvalue weighted by Crippen LogP contribution is -2.51. The van der Waals surface area contributed by atoms with Crippen LogP contribution < -0.4 is 4.74 Å². The third-order valence-corrected chi connectivity index (χ3v) is 6.59. The lowest BCUT2D eigenvalue weighted by atomic mass is 10.1. The van der Waals surface area contributed by atoms with Crippen LogP contribution in [0.3, 0.4) is 0 Å². The third-order valence-electron chi connectivity index (χ3n) is 6.59. The van der Waals surface area contributed by atoms with Crippen LogP contribution in [0.1, 0.15) is 25.3 Å². The van der Waals surface area contributed by atoms with E-state index in [1.165, 1.54) is 0 Å². The standard InChI is InChI=1S/C26H40N4O9/c1-2-39-21-5-3-20(4-6-21)17-27-9-11-28(18-24(33)34)13-15-30(22(26(37)38)7-8-23(31)32)16-14-29(12-10-27)19-25(35)36/h3-6,22H,2,7-19H2,1H3,(H,31,32)(H,33,34)(H,35,36)(H,37,38). The molecular formula is C26H40N4O9. The topological polar surface area (TPSA) is 171 Å². The van der Waals surface area contributed by atoms with Crippen molar-refractivity contribution in [3.8, 4) is 5.75 Å². The Morgan fingerprint density at radius 3 is 1.67 bits per heavy atom. The smallest absolute Gasteiger partial charge is 0.320 e. The van der Waals surface area contributed by atoms with Crippen molar-refractivity contribution in [2.75, 3.05) is 72.1 Å². The summed E-state index contributed by atoms with van der Waals surface area (Å²) < 4.78 is 5.50. The third kappa shape index (κ3) is 12.4. The van der Waals surface area contributed by atoms with Crippen LogP contribution in [0.15, 0.2) is 24.3 Å². The molecule has 13 nitrogen and oxygen atoms in total. The zero-order valence-corrected chi connectivity index (χ0v) is 22.4. The number of carbonyl (C=O) groups is 4. The summed E-state index contributed by atoms with van der Waals surface area (Å²) in [6.45, 7) is 5.38. The summed E-state index contributed by atoms with van der Waals surface area (Å²) in [5.74, 6) is -3.51. The van der Waals surface area contributed by atoms with Crippen LogP contribution in [0.2, 0.25) is 0 Å². The molecule has 218 valence electrons. The molecule has 1 fully saturated rings. The van der Waals surface area contributed by atoms with Gasteiger partial charge in [0, 0.05) is 65.3 Å². The molecule has 39 heavy (non-hydrogen) atoms. The molecule has 0 radical (unpaired) electrons. The van der Waals surface area contributed by atoms with Gasteiger partial charge in [-0.15, -0.1) is 0 Å². The number of rotatable bonds is 13. The number of ether oxygens (including phenoxy) is 1. The number of nitrogens with zero attached hydrogens (tertiary/aromatic N) is 4. The summed E-state index contributed by atoms with van der Waals surface area (Å²) >= 11 is 0. The van der Waals surface area contributed by atoms with Crippen LogP contribution in [0.4, 0.5) is 0 Å². The van der Waals surface area contributed by atoms with Crippen molar-refractivity contribution in [3.05, 3.63) is 29.8 Å². The van der Waals surface area contributed by atoms with Gasteiger partial charge in [-0.05, 0) is 31.0 Å². The van der Waals surface area contributed by atoms with E-state index in [1.54, 1.807) is 14.7 Å². The second kappa shape index (κ2) is 16.6. The molecule has 0 amide bonds. The molecule has 0 aliphatic carbocycles. The number of carboxylic acids is 4. The van der Waals surface area contributed by atoms with Gasteiger partial charge in [-0.3, -0.25) is 38.8 Å². The maximum Gasteiger partial charge on any atom is 0.320 e. The highest BCUT2D eigenvalue weighted by molar-refractivity contribution is 5.75. The van der Waals surface area contributed by atoms with Gasteiger partial charge in [0.15, 0.2) is 0 Å². The molecule has 0 spiro atoms. The molecule has 1 aliphatic heterocycles. The van der Waals surface area contributed by atoms with E-state index in [1.807, 2.05) is 31.2 Å². The number of hydrogen-bond acceptors (Lipinski definition) is 9. The first kappa shape index (κ1) is 32.0. The Bertz CT molecular complexity index is 912. The lowest BCUT2D eigenvalue weighted by molar-refractivity contribution is -0.146. The largest absolute Gasteiger partial charge is 0.494 e. The minimum absolute atomic E-state index is 0.113. The summed E-state index contributed by atoms with van der Waals surface area (Å²) in [6.07, 6.45) is -0.440. The Kier molecular flexibility index (Phi) is 13.6. The molecule has 1 aliphatic rings. The summed E-state index contributed by atoms with van der Waals surface area (Å²) in [7, 11) is 0. The minimum atomic E-state index is -1.17. The fraction of sp³-hybridized carbons (Fsp3) is 0.615. The molecule has 0 saturated carbocycles. The van der Waals surface area contributed by atoms with E-state index in [4.69, 9.17) is 9.84 Å². The SMILES string of the molecule is CCOc1ccc(CN2CCN(CC(=O)O)CCN(C(CCC(=O)O)C(=O)O)CCN(CC(=O)O)CC2)cc1. The van der Waals surface area contributed by atoms with Crippen molar-refractivity contribution < 1.29 is 44.3 Å². The van der Waals surface area contributed by atoms with E-state index in [0.717, 1.165) is 11.3 Å². The molecule has 1 unspecified atom stereocenters. The second-order valence-electron chi connectivity index (χ2n) is 9.52. The van der Waals surface area contributed by atoms with Gasteiger partial charge in [0.25, 0.3) is 0 Å². The molecule has 0 aromatic heterocycles. The summed E-state index contributed by atoms with van der Waals surface area (Å²) in [4.78, 5) is 53.5. The Balaban J connectivity index is 2.24. The number of aliphatic carboxylic acids is 4. The zero-order chi connectivity index (χ0) is 28.8. The van der Waals surface area contributed by atoms with E-state index in [9.17, 15) is 34.5 Å². The highest BCUT2D eigenvalue weighted by atomic mass is 16.5. The van der Waals surface area contributed by atoms with Crippen LogP contribution in [0.25, 0.3) is 0 Å². The van der Waals surface area contributed by atoms with E-state index in [2.05, 4.69) is 4.90 Å². The van der Waals surface area contributed by atoms with Crippen molar-refractivity contribution in [1.82, 2.24) is 19.6 Å². The molecule has 4 N–H and O–H groups in total. The van der Waals surface area contributed by atoms with Crippen LogP contribution in [0.5, 0.6) is 5.75 Å². The Morgan fingerprint density at radius 2 is 1.23 bits per heavy atom.